The van der Waals surface area contributed by atoms with E-state index in [1.807, 2.05) is 6.92 Å². The van der Waals surface area contributed by atoms with E-state index < -0.39 is 11.7 Å². The summed E-state index contributed by atoms with van der Waals surface area (Å²) in [4.78, 5) is 13.6. The van der Waals surface area contributed by atoms with Gasteiger partial charge >= 0.3 is 6.18 Å². The molecule has 1 aliphatic heterocycles. The largest absolute Gasteiger partial charge is 0.416 e. The van der Waals surface area contributed by atoms with Gasteiger partial charge in [-0.2, -0.15) is 13.2 Å². The predicted molar refractivity (Wildman–Crippen MR) is 76.9 cm³/mol. The number of rotatable bonds is 5. The molecule has 1 N–H and O–H groups in total. The van der Waals surface area contributed by atoms with Gasteiger partial charge in [0.15, 0.2) is 0 Å². The molecule has 0 unspecified atom stereocenters. The average Bonchev–Trinajstić information content (AvgIpc) is 2.80. The first-order valence-corrected chi connectivity index (χ1v) is 7.77. The molecule has 1 aromatic rings. The molecule has 1 fully saturated rings. The van der Waals surface area contributed by atoms with Crippen molar-refractivity contribution < 1.29 is 18.0 Å². The quantitative estimate of drug-likeness (QED) is 0.847. The Balaban J connectivity index is 2.10. The summed E-state index contributed by atoms with van der Waals surface area (Å²) in [5.74, 6) is 0.403. The van der Waals surface area contributed by atoms with Gasteiger partial charge in [0.1, 0.15) is 5.37 Å². The normalized spacial score (nSPS) is 19.3. The van der Waals surface area contributed by atoms with Crippen molar-refractivity contribution in [3.05, 3.63) is 35.4 Å². The molecular weight excluding hydrogens is 301 g/mol. The molecule has 0 bridgehead atoms. The number of nitrogens with one attached hydrogen (secondary N) is 1. The van der Waals surface area contributed by atoms with E-state index >= 15 is 0 Å². The lowest BCUT2D eigenvalue weighted by Crippen LogP contribution is -2.35. The van der Waals surface area contributed by atoms with Crippen LogP contribution in [0.5, 0.6) is 0 Å². The summed E-state index contributed by atoms with van der Waals surface area (Å²) in [6.07, 6.45) is -4.33. The van der Waals surface area contributed by atoms with Crippen LogP contribution in [-0.2, 0) is 11.0 Å². The lowest BCUT2D eigenvalue weighted by Gasteiger charge is -2.24. The maximum Gasteiger partial charge on any atom is 0.416 e. The van der Waals surface area contributed by atoms with Gasteiger partial charge in [-0.25, -0.2) is 0 Å². The fraction of sp³-hybridized carbons (Fsp3) is 0.500. The molecule has 0 saturated carbocycles. The van der Waals surface area contributed by atoms with Gasteiger partial charge in [-0.15, -0.1) is 11.8 Å². The van der Waals surface area contributed by atoms with Crippen LogP contribution in [0.15, 0.2) is 24.3 Å². The van der Waals surface area contributed by atoms with Crippen LogP contribution in [0, 0.1) is 0 Å². The molecule has 0 aromatic heterocycles. The Kier molecular flexibility index (Phi) is 5.16. The fourth-order valence-corrected chi connectivity index (χ4v) is 3.40. The SMILES string of the molecule is CCNCCN1C(=O)CS[C@H]1c1ccc(C(F)(F)F)cc1. The second kappa shape index (κ2) is 6.70. The lowest BCUT2D eigenvalue weighted by molar-refractivity contribution is -0.137. The van der Waals surface area contributed by atoms with Crippen LogP contribution in [0.1, 0.15) is 23.4 Å². The zero-order valence-corrected chi connectivity index (χ0v) is 12.4. The number of carbonyl (C=O) groups is 1. The van der Waals surface area contributed by atoms with Crippen LogP contribution in [-0.4, -0.2) is 36.2 Å². The highest BCUT2D eigenvalue weighted by atomic mass is 32.2. The molecule has 1 heterocycles. The summed E-state index contributed by atoms with van der Waals surface area (Å²) in [5.41, 5.74) is 0.0649. The molecule has 0 radical (unpaired) electrons. The fourth-order valence-electron chi connectivity index (χ4n) is 2.19. The smallest absolute Gasteiger partial charge is 0.325 e. The van der Waals surface area contributed by atoms with Gasteiger partial charge in [-0.3, -0.25) is 4.79 Å². The van der Waals surface area contributed by atoms with Gasteiger partial charge in [-0.05, 0) is 24.2 Å². The highest BCUT2D eigenvalue weighted by molar-refractivity contribution is 8.00. The summed E-state index contributed by atoms with van der Waals surface area (Å²) in [7, 11) is 0. The zero-order chi connectivity index (χ0) is 15.5. The minimum absolute atomic E-state index is 0.0304. The first-order valence-electron chi connectivity index (χ1n) is 6.72. The molecule has 116 valence electrons. The Morgan fingerprint density at radius 1 is 1.33 bits per heavy atom. The van der Waals surface area contributed by atoms with E-state index in [9.17, 15) is 18.0 Å². The molecule has 3 nitrogen and oxygen atoms in total. The van der Waals surface area contributed by atoms with Gasteiger partial charge in [0.2, 0.25) is 5.91 Å². The molecule has 0 spiro atoms. The van der Waals surface area contributed by atoms with E-state index in [0.717, 1.165) is 24.2 Å². The molecule has 2 rings (SSSR count). The van der Waals surface area contributed by atoms with E-state index in [2.05, 4.69) is 5.32 Å². The number of hydrogen-bond acceptors (Lipinski definition) is 3. The molecule has 1 aromatic carbocycles. The second-order valence-electron chi connectivity index (χ2n) is 4.72. The number of hydrogen-bond donors (Lipinski definition) is 1. The molecule has 1 amide bonds. The van der Waals surface area contributed by atoms with Crippen LogP contribution in [0.2, 0.25) is 0 Å². The van der Waals surface area contributed by atoms with Crippen molar-refractivity contribution in [1.29, 1.82) is 0 Å². The van der Waals surface area contributed by atoms with E-state index in [-0.39, 0.29) is 11.3 Å². The molecule has 1 saturated heterocycles. The van der Waals surface area contributed by atoms with Crippen molar-refractivity contribution in [2.75, 3.05) is 25.4 Å². The van der Waals surface area contributed by atoms with Gasteiger partial charge in [0.05, 0.1) is 11.3 Å². The topological polar surface area (TPSA) is 32.3 Å². The summed E-state index contributed by atoms with van der Waals surface area (Å²) in [6.45, 7) is 4.04. The lowest BCUT2D eigenvalue weighted by atomic mass is 10.1. The van der Waals surface area contributed by atoms with Crippen molar-refractivity contribution in [2.45, 2.75) is 18.5 Å². The number of amides is 1. The average molecular weight is 318 g/mol. The Bertz CT molecular complexity index is 490. The number of alkyl halides is 3. The molecule has 7 heteroatoms. The van der Waals surface area contributed by atoms with Crippen molar-refractivity contribution in [2.24, 2.45) is 0 Å². The van der Waals surface area contributed by atoms with Crippen molar-refractivity contribution >= 4 is 17.7 Å². The Morgan fingerprint density at radius 3 is 2.57 bits per heavy atom. The standard InChI is InChI=1S/C14H17F3N2OS/c1-2-18-7-8-19-12(20)9-21-13(19)10-3-5-11(6-4-10)14(15,16)17/h3-6,13,18H,2,7-9H2,1H3/t13-/m0/s1. The Labute approximate surface area is 125 Å². The van der Waals surface area contributed by atoms with Crippen molar-refractivity contribution in [3.63, 3.8) is 0 Å². The number of nitrogens with zero attached hydrogens (tertiary/aromatic N) is 1. The van der Waals surface area contributed by atoms with E-state index in [1.165, 1.54) is 23.9 Å². The maximum atomic E-state index is 12.6. The van der Waals surface area contributed by atoms with Gasteiger partial charge < -0.3 is 10.2 Å². The minimum atomic E-state index is -4.33. The number of benzene rings is 1. The molecule has 21 heavy (non-hydrogen) atoms. The van der Waals surface area contributed by atoms with E-state index in [0.29, 0.717) is 18.8 Å². The Morgan fingerprint density at radius 2 is 2.00 bits per heavy atom. The van der Waals surface area contributed by atoms with Crippen molar-refractivity contribution in [3.8, 4) is 0 Å². The summed E-state index contributed by atoms with van der Waals surface area (Å²) < 4.78 is 37.7. The molecule has 1 atom stereocenters. The summed E-state index contributed by atoms with van der Waals surface area (Å²) >= 11 is 1.45. The third-order valence-corrected chi connectivity index (χ3v) is 4.53. The van der Waals surface area contributed by atoms with Gasteiger partial charge in [0.25, 0.3) is 0 Å². The number of likely N-dealkylation sites (N-methyl/N-ethyl adjacent to an activating group) is 1. The molecule has 1 aliphatic rings. The number of halogens is 3. The minimum Gasteiger partial charge on any atom is -0.325 e. The number of thioether (sulfide) groups is 1. The van der Waals surface area contributed by atoms with Gasteiger partial charge in [-0.1, -0.05) is 19.1 Å². The number of carbonyl (C=O) groups excluding carboxylic acids is 1. The molecule has 0 aliphatic carbocycles. The third kappa shape index (κ3) is 3.91. The monoisotopic (exact) mass is 318 g/mol. The first-order chi connectivity index (χ1) is 9.93. The maximum absolute atomic E-state index is 12.6. The highest BCUT2D eigenvalue weighted by Gasteiger charge is 2.34. The zero-order valence-electron chi connectivity index (χ0n) is 11.6. The summed E-state index contributed by atoms with van der Waals surface area (Å²) in [6, 6.07) is 5.06. The summed E-state index contributed by atoms with van der Waals surface area (Å²) in [5, 5.41) is 2.95. The van der Waals surface area contributed by atoms with Crippen molar-refractivity contribution in [1.82, 2.24) is 10.2 Å². The van der Waals surface area contributed by atoms with Crippen LogP contribution in [0.25, 0.3) is 0 Å². The molecular formula is C14H17F3N2OS. The van der Waals surface area contributed by atoms with Crippen LogP contribution < -0.4 is 5.32 Å². The first kappa shape index (κ1) is 16.2. The van der Waals surface area contributed by atoms with E-state index in [4.69, 9.17) is 0 Å². The second-order valence-corrected chi connectivity index (χ2v) is 5.79. The van der Waals surface area contributed by atoms with Crippen LogP contribution in [0.3, 0.4) is 0 Å². The predicted octanol–water partition coefficient (Wildman–Crippen LogP) is 2.89. The van der Waals surface area contributed by atoms with Gasteiger partial charge in [0, 0.05) is 13.1 Å². The Hall–Kier alpha value is -1.21. The highest BCUT2D eigenvalue weighted by Crippen LogP contribution is 2.39. The van der Waals surface area contributed by atoms with Crippen LogP contribution in [0.4, 0.5) is 13.2 Å². The third-order valence-electron chi connectivity index (χ3n) is 3.27. The van der Waals surface area contributed by atoms with Crippen LogP contribution >= 0.6 is 11.8 Å². The van der Waals surface area contributed by atoms with E-state index in [1.54, 1.807) is 4.90 Å².